The minimum Gasteiger partial charge on any atom is -0.481 e. The Hall–Kier alpha value is -0.530. The lowest BCUT2D eigenvalue weighted by Crippen LogP contribution is -2.12. The van der Waals surface area contributed by atoms with Crippen molar-refractivity contribution in [3.8, 4) is 0 Å². The highest BCUT2D eigenvalue weighted by molar-refractivity contribution is 5.69. The quantitative estimate of drug-likeness (QED) is 0.659. The smallest absolute Gasteiger partial charge is 0.306 e. The van der Waals surface area contributed by atoms with E-state index >= 15 is 0 Å². The molecular formula is C8H16O2. The topological polar surface area (TPSA) is 37.3 Å². The minimum absolute atomic E-state index is 1.18. The minimum atomic E-state index is -2.91. The van der Waals surface area contributed by atoms with Crippen LogP contribution in [0.2, 0.25) is 0 Å². The van der Waals surface area contributed by atoms with Gasteiger partial charge >= 0.3 is 5.97 Å². The molecule has 0 aliphatic carbocycles. The van der Waals surface area contributed by atoms with Gasteiger partial charge in [-0.05, 0) is 12.7 Å². The van der Waals surface area contributed by atoms with Crippen molar-refractivity contribution in [2.45, 2.75) is 39.3 Å². The normalized spacial score (nSPS) is 30.5. The third kappa shape index (κ3) is 3.49. The summed E-state index contributed by atoms with van der Waals surface area (Å²) in [6.45, 7) is -5.60. The molecule has 0 aromatic carbocycles. The monoisotopic (exact) mass is 154 g/mol. The van der Waals surface area contributed by atoms with Crippen molar-refractivity contribution < 1.29 is 23.6 Å². The van der Waals surface area contributed by atoms with Crippen LogP contribution in [-0.4, -0.2) is 11.1 Å². The van der Waals surface area contributed by atoms with Crippen molar-refractivity contribution in [2.75, 3.05) is 0 Å². The summed E-state index contributed by atoms with van der Waals surface area (Å²) in [6, 6.07) is 0. The van der Waals surface area contributed by atoms with Gasteiger partial charge in [0.2, 0.25) is 0 Å². The molecule has 0 saturated carbocycles. The van der Waals surface area contributed by atoms with Gasteiger partial charge in [0.15, 0.2) is 0 Å². The molecule has 2 heteroatoms. The fourth-order valence-corrected chi connectivity index (χ4v) is 0.451. The van der Waals surface area contributed by atoms with E-state index in [1.807, 2.05) is 0 Å². The van der Waals surface area contributed by atoms with Crippen molar-refractivity contribution in [1.82, 2.24) is 0 Å². The van der Waals surface area contributed by atoms with Gasteiger partial charge in [0.05, 0.1) is 5.92 Å². The zero-order valence-corrected chi connectivity index (χ0v) is 5.35. The lowest BCUT2D eigenvalue weighted by Gasteiger charge is -2.07. The summed E-state index contributed by atoms with van der Waals surface area (Å²) in [5.41, 5.74) is 0. The molecule has 0 saturated heterocycles. The van der Waals surface area contributed by atoms with E-state index in [-0.39, 0.29) is 0 Å². The van der Waals surface area contributed by atoms with Crippen LogP contribution in [0, 0.1) is 5.92 Å². The molecule has 1 N–H and O–H groups in total. The van der Waals surface area contributed by atoms with Crippen LogP contribution in [0.25, 0.3) is 0 Å². The highest BCUT2D eigenvalue weighted by atomic mass is 16.4. The second-order valence-corrected chi connectivity index (χ2v) is 1.53. The van der Waals surface area contributed by atoms with E-state index in [4.69, 9.17) is 18.8 Å². The van der Waals surface area contributed by atoms with E-state index in [1.54, 1.807) is 0 Å². The van der Waals surface area contributed by atoms with Crippen LogP contribution in [0.15, 0.2) is 0 Å². The maximum atomic E-state index is 11.1. The van der Waals surface area contributed by atoms with Crippen LogP contribution in [0.1, 0.15) is 53.0 Å². The molecule has 0 heterocycles. The standard InChI is InChI=1S/C8H16O2/c1-3-5-7(6-4-2)8(9)10/h7H,3-6H2,1-2H3,(H,9,10)/i1D3,2D3,5D2,6D2. The second-order valence-electron chi connectivity index (χ2n) is 1.53. The third-order valence-corrected chi connectivity index (χ3v) is 0.859. The Morgan fingerprint density at radius 3 is 2.40 bits per heavy atom. The molecule has 0 fully saturated rings. The summed E-state index contributed by atoms with van der Waals surface area (Å²) >= 11 is 0. The van der Waals surface area contributed by atoms with Crippen LogP contribution >= 0.6 is 0 Å². The molecule has 10 heavy (non-hydrogen) atoms. The fraction of sp³-hybridized carbons (Fsp3) is 0.875. The number of carbonyl (C=O) groups is 1. The van der Waals surface area contributed by atoms with Crippen LogP contribution in [0.5, 0.6) is 0 Å². The van der Waals surface area contributed by atoms with E-state index in [1.165, 1.54) is 0 Å². The highest BCUT2D eigenvalue weighted by Gasteiger charge is 2.13. The van der Waals surface area contributed by atoms with Gasteiger partial charge in [-0.3, -0.25) is 4.79 Å². The number of hydrogen-bond acceptors (Lipinski definition) is 1. The first kappa shape index (κ1) is 1.99. The van der Waals surface area contributed by atoms with Gasteiger partial charge in [0, 0.05) is 13.7 Å². The van der Waals surface area contributed by atoms with E-state index < -0.39 is 51.2 Å². The van der Waals surface area contributed by atoms with Crippen molar-refractivity contribution in [3.05, 3.63) is 0 Å². The number of rotatable bonds is 5. The van der Waals surface area contributed by atoms with Gasteiger partial charge in [-0.25, -0.2) is 0 Å². The molecule has 2 nitrogen and oxygen atoms in total. The Balaban J connectivity index is 5.49. The molecule has 0 atom stereocenters. The molecule has 0 spiro atoms. The Morgan fingerprint density at radius 1 is 1.60 bits per heavy atom. The van der Waals surface area contributed by atoms with Crippen LogP contribution in [0.4, 0.5) is 0 Å². The number of carboxylic acids is 1. The van der Waals surface area contributed by atoms with Crippen molar-refractivity contribution >= 4 is 5.97 Å². The van der Waals surface area contributed by atoms with Crippen LogP contribution in [0.3, 0.4) is 0 Å². The van der Waals surface area contributed by atoms with E-state index in [0.717, 1.165) is 0 Å². The zero-order valence-electron chi connectivity index (χ0n) is 15.3. The maximum Gasteiger partial charge on any atom is 0.306 e. The van der Waals surface area contributed by atoms with Crippen molar-refractivity contribution in [3.63, 3.8) is 0 Å². The average molecular weight is 154 g/mol. The first-order valence-electron chi connectivity index (χ1n) is 7.71. The molecule has 0 unspecified atom stereocenters. The first-order valence-corrected chi connectivity index (χ1v) is 2.71. The first-order chi connectivity index (χ1) is 8.48. The third-order valence-electron chi connectivity index (χ3n) is 0.859. The van der Waals surface area contributed by atoms with Gasteiger partial charge in [0.25, 0.3) is 0 Å². The van der Waals surface area contributed by atoms with Gasteiger partial charge in [-0.1, -0.05) is 26.5 Å². The molecule has 0 aliphatic rings. The van der Waals surface area contributed by atoms with E-state index in [2.05, 4.69) is 0 Å². The fourth-order valence-electron chi connectivity index (χ4n) is 0.451. The molecule has 0 radical (unpaired) electrons. The number of hydrogen-bond donors (Lipinski definition) is 1. The van der Waals surface area contributed by atoms with E-state index in [0.29, 0.717) is 0 Å². The summed E-state index contributed by atoms with van der Waals surface area (Å²) in [7, 11) is 0. The molecule has 0 rings (SSSR count). The van der Waals surface area contributed by atoms with Gasteiger partial charge < -0.3 is 5.11 Å². The van der Waals surface area contributed by atoms with Gasteiger partial charge in [0.1, 0.15) is 0 Å². The lowest BCUT2D eigenvalue weighted by molar-refractivity contribution is -0.142. The largest absolute Gasteiger partial charge is 0.481 e. The van der Waals surface area contributed by atoms with Crippen LogP contribution < -0.4 is 0 Å². The summed E-state index contributed by atoms with van der Waals surface area (Å²) in [5, 5.41) is 8.99. The molecule has 0 aromatic rings. The summed E-state index contributed by atoms with van der Waals surface area (Å²) in [5.74, 6) is -4.30. The summed E-state index contributed by atoms with van der Waals surface area (Å²) in [4.78, 5) is 11.1. The van der Waals surface area contributed by atoms with Crippen LogP contribution in [-0.2, 0) is 4.79 Å². The Labute approximate surface area is 76.3 Å². The molecule has 0 aliphatic heterocycles. The lowest BCUT2D eigenvalue weighted by atomic mass is 9.99. The Kier molecular flexibility index (Phi) is 1.05. The van der Waals surface area contributed by atoms with Crippen molar-refractivity contribution in [1.29, 1.82) is 0 Å². The second kappa shape index (κ2) is 5.27. The van der Waals surface area contributed by atoms with E-state index in [9.17, 15) is 4.79 Å². The summed E-state index contributed by atoms with van der Waals surface area (Å²) in [6.07, 6.45) is -8.19. The number of aliphatic carboxylic acids is 1. The molecular weight excluding hydrogens is 128 g/mol. The molecule has 0 aromatic heterocycles. The molecule has 60 valence electrons. The SMILES string of the molecule is [2H]C([2H])([2H])CC([2H])([2H])C(C(=O)O)C([2H])([2H])CC([2H])([2H])[2H]. The maximum absolute atomic E-state index is 11.1. The van der Waals surface area contributed by atoms with Gasteiger partial charge in [-0.2, -0.15) is 0 Å². The average Bonchev–Trinajstić information content (AvgIpc) is 1.87. The predicted octanol–water partition coefficient (Wildman–Crippen LogP) is 2.29. The zero-order chi connectivity index (χ0) is 16.6. The highest BCUT2D eigenvalue weighted by Crippen LogP contribution is 2.12. The Bertz CT molecular complexity index is 327. The summed E-state index contributed by atoms with van der Waals surface area (Å²) < 4.78 is 72.0. The van der Waals surface area contributed by atoms with Gasteiger partial charge in [-0.15, -0.1) is 0 Å². The molecule has 0 bridgehead atoms. The van der Waals surface area contributed by atoms with Crippen molar-refractivity contribution in [2.24, 2.45) is 5.92 Å². The predicted molar refractivity (Wildman–Crippen MR) is 40.9 cm³/mol. The molecule has 0 amide bonds. The Morgan fingerprint density at radius 2 is 2.10 bits per heavy atom. The number of carboxylic acid groups (broad SMARTS) is 1.